The van der Waals surface area contributed by atoms with Gasteiger partial charge in [-0.1, -0.05) is 19.9 Å². The lowest BCUT2D eigenvalue weighted by Crippen LogP contribution is -2.29. The van der Waals surface area contributed by atoms with Crippen LogP contribution in [0.1, 0.15) is 32.3 Å². The van der Waals surface area contributed by atoms with E-state index >= 15 is 0 Å². The van der Waals surface area contributed by atoms with Gasteiger partial charge in [-0.3, -0.25) is 4.90 Å². The minimum absolute atomic E-state index is 0.176. The molecule has 3 N–H and O–H groups in total. The van der Waals surface area contributed by atoms with Crippen LogP contribution in [-0.4, -0.2) is 22.6 Å². The Morgan fingerprint density at radius 2 is 2.12 bits per heavy atom. The van der Waals surface area contributed by atoms with Crippen LogP contribution in [0.15, 0.2) is 18.2 Å². The predicted molar refractivity (Wildman–Crippen MR) is 70.8 cm³/mol. The summed E-state index contributed by atoms with van der Waals surface area (Å²) in [6, 6.07) is 6.28. The van der Waals surface area contributed by atoms with Gasteiger partial charge in [0.05, 0.1) is 5.69 Å². The molecule has 94 valence electrons. The molecule has 0 radical (unpaired) electrons. The smallest absolute Gasteiger partial charge is 0.138 e. The fourth-order valence-electron chi connectivity index (χ4n) is 2.19. The van der Waals surface area contributed by atoms with E-state index in [2.05, 4.69) is 18.7 Å². The number of rotatable bonds is 5. The van der Waals surface area contributed by atoms with Crippen LogP contribution in [-0.2, 0) is 6.54 Å². The maximum Gasteiger partial charge on any atom is 0.138 e. The topological polar surface area (TPSA) is 49.5 Å². The minimum atomic E-state index is 0.176. The number of nitrogens with two attached hydrogens (primary N) is 1. The number of anilines is 1. The Morgan fingerprint density at radius 3 is 2.65 bits per heavy atom. The van der Waals surface area contributed by atoms with Gasteiger partial charge in [0.15, 0.2) is 0 Å². The van der Waals surface area contributed by atoms with E-state index < -0.39 is 0 Å². The number of phenolic OH excluding ortho intramolecular Hbond substituents is 1. The van der Waals surface area contributed by atoms with E-state index in [1.807, 2.05) is 12.1 Å². The van der Waals surface area contributed by atoms with E-state index in [1.54, 1.807) is 6.07 Å². The van der Waals surface area contributed by atoms with Crippen molar-refractivity contribution in [3.05, 3.63) is 23.8 Å². The summed E-state index contributed by atoms with van der Waals surface area (Å²) in [5, 5.41) is 9.41. The second kappa shape index (κ2) is 4.96. The zero-order valence-electron chi connectivity index (χ0n) is 10.7. The summed E-state index contributed by atoms with van der Waals surface area (Å²) in [6.07, 6.45) is 2.64. The molecule has 0 aromatic heterocycles. The Balaban J connectivity index is 2.03. The van der Waals surface area contributed by atoms with E-state index in [-0.39, 0.29) is 5.75 Å². The summed E-state index contributed by atoms with van der Waals surface area (Å²) in [5.74, 6) is 0.862. The van der Waals surface area contributed by atoms with E-state index in [0.29, 0.717) is 11.6 Å². The quantitative estimate of drug-likeness (QED) is 0.608. The first-order chi connectivity index (χ1) is 8.06. The number of aromatic hydroxyl groups is 1. The van der Waals surface area contributed by atoms with Gasteiger partial charge in [-0.2, -0.15) is 0 Å². The highest BCUT2D eigenvalue weighted by atomic mass is 16.3. The maximum atomic E-state index is 9.41. The van der Waals surface area contributed by atoms with Crippen molar-refractivity contribution in [2.75, 3.05) is 12.3 Å². The molecule has 1 saturated carbocycles. The van der Waals surface area contributed by atoms with Crippen molar-refractivity contribution in [1.29, 1.82) is 0 Å². The van der Waals surface area contributed by atoms with Crippen LogP contribution in [0.3, 0.4) is 0 Å². The van der Waals surface area contributed by atoms with E-state index in [1.165, 1.54) is 18.4 Å². The number of phenols is 1. The highest BCUT2D eigenvalue weighted by Gasteiger charge is 2.29. The molecule has 0 saturated heterocycles. The molecule has 3 nitrogen and oxygen atoms in total. The zero-order valence-corrected chi connectivity index (χ0v) is 10.7. The van der Waals surface area contributed by atoms with Gasteiger partial charge in [-0.25, -0.2) is 0 Å². The Kier molecular flexibility index (Phi) is 3.57. The third-order valence-corrected chi connectivity index (χ3v) is 3.14. The second-order valence-electron chi connectivity index (χ2n) is 5.45. The molecule has 0 heterocycles. The van der Waals surface area contributed by atoms with E-state index in [0.717, 1.165) is 19.1 Å². The third kappa shape index (κ3) is 3.37. The van der Waals surface area contributed by atoms with Gasteiger partial charge in [-0.05, 0) is 36.5 Å². The van der Waals surface area contributed by atoms with Crippen molar-refractivity contribution in [3.63, 3.8) is 0 Å². The van der Waals surface area contributed by atoms with Crippen LogP contribution < -0.4 is 5.73 Å². The second-order valence-corrected chi connectivity index (χ2v) is 5.45. The van der Waals surface area contributed by atoms with Crippen LogP contribution in [0.2, 0.25) is 0 Å². The average Bonchev–Trinajstić information content (AvgIpc) is 3.05. The summed E-state index contributed by atoms with van der Waals surface area (Å²) >= 11 is 0. The molecule has 1 aliphatic rings. The molecule has 1 aliphatic carbocycles. The molecular weight excluding hydrogens is 212 g/mol. The molecule has 0 unspecified atom stereocenters. The molecular formula is C14H22N2O. The van der Waals surface area contributed by atoms with Gasteiger partial charge in [-0.15, -0.1) is 0 Å². The van der Waals surface area contributed by atoms with Crippen LogP contribution in [0.5, 0.6) is 5.75 Å². The lowest BCUT2D eigenvalue weighted by atomic mass is 10.1. The Hall–Kier alpha value is -1.22. The summed E-state index contributed by atoms with van der Waals surface area (Å²) < 4.78 is 0. The largest absolute Gasteiger partial charge is 0.506 e. The van der Waals surface area contributed by atoms with Gasteiger partial charge in [0, 0.05) is 19.1 Å². The standard InChI is InChI=1S/C14H22N2O/c1-10(2)8-16(12-4-5-12)9-11-3-6-14(17)13(15)7-11/h3,6-7,10,12,17H,4-5,8-9,15H2,1-2H3. The fourth-order valence-corrected chi connectivity index (χ4v) is 2.19. The number of benzene rings is 1. The molecule has 0 aliphatic heterocycles. The molecule has 17 heavy (non-hydrogen) atoms. The number of nitrogen functional groups attached to an aromatic ring is 1. The minimum Gasteiger partial charge on any atom is -0.506 e. The molecule has 2 rings (SSSR count). The predicted octanol–water partition coefficient (Wildman–Crippen LogP) is 2.59. The van der Waals surface area contributed by atoms with Crippen molar-refractivity contribution in [2.24, 2.45) is 5.92 Å². The first-order valence-corrected chi connectivity index (χ1v) is 6.37. The van der Waals surface area contributed by atoms with Gasteiger partial charge >= 0.3 is 0 Å². The number of nitrogens with zero attached hydrogens (tertiary/aromatic N) is 1. The van der Waals surface area contributed by atoms with E-state index in [9.17, 15) is 5.11 Å². The molecule has 0 bridgehead atoms. The SMILES string of the molecule is CC(C)CN(Cc1ccc(O)c(N)c1)C1CC1. The normalized spacial score (nSPS) is 15.8. The van der Waals surface area contributed by atoms with Gasteiger partial charge in [0.1, 0.15) is 5.75 Å². The summed E-state index contributed by atoms with van der Waals surface area (Å²) in [4.78, 5) is 2.52. The van der Waals surface area contributed by atoms with Crippen molar-refractivity contribution in [3.8, 4) is 5.75 Å². The first-order valence-electron chi connectivity index (χ1n) is 6.37. The van der Waals surface area contributed by atoms with Crippen molar-refractivity contribution in [1.82, 2.24) is 4.90 Å². The summed E-state index contributed by atoms with van der Waals surface area (Å²) in [5.41, 5.74) is 7.38. The fraction of sp³-hybridized carbons (Fsp3) is 0.571. The number of hydrogen-bond acceptors (Lipinski definition) is 3. The Bertz CT molecular complexity index is 386. The van der Waals surface area contributed by atoms with Crippen LogP contribution in [0.25, 0.3) is 0 Å². The molecule has 0 amide bonds. The molecule has 1 aromatic rings. The third-order valence-electron chi connectivity index (χ3n) is 3.14. The number of hydrogen-bond donors (Lipinski definition) is 2. The lowest BCUT2D eigenvalue weighted by Gasteiger charge is -2.24. The average molecular weight is 234 g/mol. The lowest BCUT2D eigenvalue weighted by molar-refractivity contribution is 0.226. The molecule has 1 fully saturated rings. The Labute approximate surface area is 103 Å². The summed E-state index contributed by atoms with van der Waals surface area (Å²) in [6.45, 7) is 6.57. The van der Waals surface area contributed by atoms with Gasteiger partial charge in [0.25, 0.3) is 0 Å². The molecule has 1 aromatic carbocycles. The molecule has 0 atom stereocenters. The monoisotopic (exact) mass is 234 g/mol. The van der Waals surface area contributed by atoms with Crippen molar-refractivity contribution in [2.45, 2.75) is 39.3 Å². The van der Waals surface area contributed by atoms with Gasteiger partial charge in [0.2, 0.25) is 0 Å². The van der Waals surface area contributed by atoms with Crippen LogP contribution in [0, 0.1) is 5.92 Å². The molecule has 3 heteroatoms. The van der Waals surface area contributed by atoms with Crippen molar-refractivity contribution < 1.29 is 5.11 Å². The van der Waals surface area contributed by atoms with E-state index in [4.69, 9.17) is 5.73 Å². The maximum absolute atomic E-state index is 9.41. The van der Waals surface area contributed by atoms with Crippen molar-refractivity contribution >= 4 is 5.69 Å². The highest BCUT2D eigenvalue weighted by Crippen LogP contribution is 2.30. The van der Waals surface area contributed by atoms with Crippen LogP contribution >= 0.6 is 0 Å². The highest BCUT2D eigenvalue weighted by molar-refractivity contribution is 5.53. The molecule has 0 spiro atoms. The van der Waals surface area contributed by atoms with Crippen LogP contribution in [0.4, 0.5) is 5.69 Å². The first kappa shape index (κ1) is 12.2. The van der Waals surface area contributed by atoms with Gasteiger partial charge < -0.3 is 10.8 Å². The zero-order chi connectivity index (χ0) is 12.4. The summed E-state index contributed by atoms with van der Waals surface area (Å²) in [7, 11) is 0. The Morgan fingerprint density at radius 1 is 1.41 bits per heavy atom.